The van der Waals surface area contributed by atoms with E-state index in [9.17, 15) is 17.3 Å². The molecule has 0 bridgehead atoms. The van der Waals surface area contributed by atoms with E-state index in [0.29, 0.717) is 12.5 Å². The summed E-state index contributed by atoms with van der Waals surface area (Å²) in [5, 5.41) is 3.98. The van der Waals surface area contributed by atoms with Gasteiger partial charge in [-0.25, -0.2) is 4.99 Å². The normalized spacial score (nSPS) is 17.0. The van der Waals surface area contributed by atoms with Gasteiger partial charge in [0.1, 0.15) is 6.61 Å². The minimum atomic E-state index is -6.00. The molecule has 221 valence electrons. The molecule has 5 rings (SSSR count). The Hall–Kier alpha value is -2.03. The summed E-state index contributed by atoms with van der Waals surface area (Å²) in [4.78, 5) is 4.89. The van der Waals surface area contributed by atoms with Crippen LogP contribution >= 0.6 is 7.92 Å². The van der Waals surface area contributed by atoms with Crippen LogP contribution in [-0.4, -0.2) is 25.8 Å². The third-order valence-electron chi connectivity index (χ3n) is 6.18. The molecule has 3 aromatic carbocycles. The number of hydrogen-bond donors (Lipinski definition) is 0. The van der Waals surface area contributed by atoms with Gasteiger partial charge in [-0.2, -0.15) is 0 Å². The maximum Gasteiger partial charge on any atom is 0.673 e. The molecule has 41 heavy (non-hydrogen) atoms. The summed E-state index contributed by atoms with van der Waals surface area (Å²) in [6.45, 7) is 5.08. The number of hydrogen-bond acceptors (Lipinski definition) is 2. The minimum Gasteiger partial charge on any atom is -0.475 e. The molecule has 1 aliphatic carbocycles. The average Bonchev–Trinajstić information content (AvgIpc) is 3.40. The van der Waals surface area contributed by atoms with E-state index >= 15 is 0 Å². The van der Waals surface area contributed by atoms with E-state index in [1.165, 1.54) is 41.6 Å². The molecule has 1 aliphatic heterocycles. The zero-order valence-corrected chi connectivity index (χ0v) is 25.8. The molecule has 9 heteroatoms. The Labute approximate surface area is 257 Å². The predicted molar refractivity (Wildman–Crippen MR) is 162 cm³/mol. The zero-order valence-electron chi connectivity index (χ0n) is 23.3. The fraction of sp³-hybridized carbons (Fsp3) is 0.281. The van der Waals surface area contributed by atoms with E-state index in [0.717, 1.165) is 11.5 Å². The number of ether oxygens (including phenoxy) is 1. The van der Waals surface area contributed by atoms with Gasteiger partial charge >= 0.3 is 7.25 Å². The first kappa shape index (κ1) is 35.2. The van der Waals surface area contributed by atoms with Crippen LogP contribution in [0.1, 0.15) is 45.1 Å². The molecular weight excluding hydrogens is 635 g/mol. The van der Waals surface area contributed by atoms with Crippen LogP contribution in [0.5, 0.6) is 0 Å². The van der Waals surface area contributed by atoms with Crippen LogP contribution in [0.15, 0.2) is 89.9 Å². The average molecular weight is 671 g/mol. The second-order valence-corrected chi connectivity index (χ2v) is 11.9. The molecule has 3 aromatic rings. The Morgan fingerprint density at radius 1 is 0.707 bits per heavy atom. The Morgan fingerprint density at radius 2 is 1.12 bits per heavy atom. The van der Waals surface area contributed by atoms with Crippen molar-refractivity contribution in [3.05, 3.63) is 116 Å². The van der Waals surface area contributed by atoms with Gasteiger partial charge in [-0.1, -0.05) is 92.7 Å². The van der Waals surface area contributed by atoms with Crippen LogP contribution < -0.4 is 15.9 Å². The van der Waals surface area contributed by atoms with Crippen LogP contribution in [0.25, 0.3) is 0 Å². The van der Waals surface area contributed by atoms with Crippen LogP contribution in [0.4, 0.5) is 17.3 Å². The number of halogens is 4. The molecule has 1 saturated carbocycles. The largest absolute Gasteiger partial charge is 0.673 e. The van der Waals surface area contributed by atoms with Crippen molar-refractivity contribution >= 4 is 37.0 Å². The van der Waals surface area contributed by atoms with Crippen molar-refractivity contribution in [2.45, 2.75) is 45.6 Å². The maximum atomic E-state index is 9.75. The van der Waals surface area contributed by atoms with Gasteiger partial charge < -0.3 is 22.0 Å². The molecule has 0 amide bonds. The van der Waals surface area contributed by atoms with E-state index in [1.807, 2.05) is 0 Å². The fourth-order valence-electron chi connectivity index (χ4n) is 4.17. The van der Waals surface area contributed by atoms with Gasteiger partial charge in [0.25, 0.3) is 0 Å². The maximum absolute atomic E-state index is 9.75. The molecule has 0 saturated heterocycles. The SMILES string of the molecule is CC(C)[C@H]1COC(c2ccccc2P(c2ccccc2)c2ccccc2)=N1.F[B-](F)(F)F.[CH]1[CH]CC[CH][CH]CC1.[Rh]. The van der Waals surface area contributed by atoms with Gasteiger partial charge in [0.15, 0.2) is 0 Å². The number of benzene rings is 3. The van der Waals surface area contributed by atoms with Crippen molar-refractivity contribution in [3.8, 4) is 0 Å². The van der Waals surface area contributed by atoms with Gasteiger partial charge in [-0.15, -0.1) is 0 Å². The van der Waals surface area contributed by atoms with Gasteiger partial charge in [-0.05, 0) is 87.2 Å². The topological polar surface area (TPSA) is 21.6 Å². The van der Waals surface area contributed by atoms with Crippen molar-refractivity contribution in [1.29, 1.82) is 0 Å². The monoisotopic (exact) mass is 671 g/mol. The first-order valence-corrected chi connectivity index (χ1v) is 15.0. The standard InChI is InChI=1S/C24H24NOP.C8H12.BF4.Rh/c1-18(2)22-17-26-24(25-22)21-15-9-10-16-23(21)27(19-11-5-3-6-12-19)20-13-7-4-8-14-20;1-2-4-6-8-7-5-3-1;2-1(3,4)5;/h3-16,18,22H,17H2,1-2H3;1-2,7-8H,3-6H2;;/q;;-1;/t22-;;;/m1.../s1. The number of nitrogens with zero attached hydrogens (tertiary/aromatic N) is 1. The molecule has 1 atom stereocenters. The Bertz CT molecular complexity index is 1100. The predicted octanol–water partition coefficient (Wildman–Crippen LogP) is 7.92. The first-order valence-electron chi connectivity index (χ1n) is 13.6. The summed E-state index contributed by atoms with van der Waals surface area (Å²) in [5.74, 6) is 1.28. The van der Waals surface area contributed by atoms with Gasteiger partial charge in [0, 0.05) is 25.0 Å². The van der Waals surface area contributed by atoms with Crippen LogP contribution in [0.2, 0.25) is 0 Å². The summed E-state index contributed by atoms with van der Waals surface area (Å²) in [6.07, 6.45) is 14.0. The molecule has 2 aliphatic rings. The van der Waals surface area contributed by atoms with Crippen molar-refractivity contribution < 1.29 is 41.5 Å². The van der Waals surface area contributed by atoms with E-state index in [4.69, 9.17) is 9.73 Å². The van der Waals surface area contributed by atoms with Gasteiger partial charge in [0.05, 0.1) is 6.04 Å². The quantitative estimate of drug-likeness (QED) is 0.154. The molecule has 1 heterocycles. The fourth-order valence-corrected chi connectivity index (χ4v) is 6.61. The zero-order chi connectivity index (χ0) is 28.8. The Balaban J connectivity index is 0.000000349. The van der Waals surface area contributed by atoms with Crippen LogP contribution in [-0.2, 0) is 24.2 Å². The van der Waals surface area contributed by atoms with E-state index in [2.05, 4.69) is 124 Å². The molecule has 5 radical (unpaired) electrons. The summed E-state index contributed by atoms with van der Waals surface area (Å²) < 4.78 is 45.0. The second-order valence-electron chi connectivity index (χ2n) is 9.67. The Kier molecular flexibility index (Phi) is 15.9. The molecule has 1 fully saturated rings. The summed E-state index contributed by atoms with van der Waals surface area (Å²) in [7, 11) is -6.67. The second kappa shape index (κ2) is 18.5. The molecule has 0 N–H and O–H groups in total. The van der Waals surface area contributed by atoms with Crippen molar-refractivity contribution in [2.24, 2.45) is 10.9 Å². The summed E-state index contributed by atoms with van der Waals surface area (Å²) in [5.41, 5.74) is 1.12. The van der Waals surface area contributed by atoms with Gasteiger partial charge in [0.2, 0.25) is 5.90 Å². The Morgan fingerprint density at radius 3 is 1.54 bits per heavy atom. The first-order chi connectivity index (χ1) is 19.2. The van der Waals surface area contributed by atoms with E-state index in [-0.39, 0.29) is 25.5 Å². The molecule has 0 unspecified atom stereocenters. The molecule has 2 nitrogen and oxygen atoms in total. The van der Waals surface area contributed by atoms with E-state index in [1.54, 1.807) is 0 Å². The van der Waals surface area contributed by atoms with Crippen molar-refractivity contribution in [2.75, 3.05) is 6.61 Å². The smallest absolute Gasteiger partial charge is 0.475 e. The van der Waals surface area contributed by atoms with Gasteiger partial charge in [-0.3, -0.25) is 0 Å². The summed E-state index contributed by atoms with van der Waals surface area (Å²) in [6, 6.07) is 30.4. The van der Waals surface area contributed by atoms with E-state index < -0.39 is 15.2 Å². The molecule has 0 spiro atoms. The van der Waals surface area contributed by atoms with Crippen molar-refractivity contribution in [3.63, 3.8) is 0 Å². The minimum absolute atomic E-state index is 0. The summed E-state index contributed by atoms with van der Waals surface area (Å²) >= 11 is 0. The third-order valence-corrected chi connectivity index (χ3v) is 8.68. The molecular formula is C32H36BF4NOPRh-. The van der Waals surface area contributed by atoms with Crippen molar-refractivity contribution in [1.82, 2.24) is 0 Å². The molecule has 0 aromatic heterocycles. The van der Waals surface area contributed by atoms with Crippen LogP contribution in [0.3, 0.4) is 0 Å². The third kappa shape index (κ3) is 12.8. The van der Waals surface area contributed by atoms with Crippen LogP contribution in [0, 0.1) is 31.6 Å². The number of rotatable bonds is 5. The number of aliphatic imine (C=N–C) groups is 1.